The van der Waals surface area contributed by atoms with E-state index in [-0.39, 0.29) is 11.8 Å². The number of ketones is 1. The number of piperidine rings is 1. The molecule has 1 unspecified atom stereocenters. The minimum atomic E-state index is -0.573. The number of hydrogen-bond acceptors (Lipinski definition) is 5. The largest absolute Gasteiger partial charge is 0.497 e. The van der Waals surface area contributed by atoms with Crippen molar-refractivity contribution in [1.82, 2.24) is 9.88 Å². The van der Waals surface area contributed by atoms with Gasteiger partial charge in [-0.05, 0) is 48.9 Å². The Labute approximate surface area is 224 Å². The topological polar surface area (TPSA) is 51.7 Å². The number of aryl methyl sites for hydroxylation is 1. The molecule has 0 spiro atoms. The number of carbonyl (C=O) groups excluding carboxylic acids is 1. The molecule has 2 heterocycles. The highest BCUT2D eigenvalue weighted by atomic mass is 16.5. The van der Waals surface area contributed by atoms with Crippen LogP contribution in [0.25, 0.3) is 17.0 Å². The Bertz CT molecular complexity index is 1500. The smallest absolute Gasteiger partial charge is 0.167 e. The van der Waals surface area contributed by atoms with E-state index in [1.54, 1.807) is 14.2 Å². The normalized spacial score (nSPS) is 18.6. The standard InChI is InChI=1S/C33H34N2O3/c1-22-10-12-23(13-11-22)20-35-21-33(2,3)32(36)28(18-25-15-14-24-8-6-7-9-29(24)34-25)31(35)27-19-26(37-4)16-17-30(27)38-5/h6-19,31H,20-21H2,1-5H3/b28-18-. The summed E-state index contributed by atoms with van der Waals surface area (Å²) in [6.07, 6.45) is 1.96. The fourth-order valence-corrected chi connectivity index (χ4v) is 5.34. The van der Waals surface area contributed by atoms with Crippen LogP contribution >= 0.6 is 0 Å². The molecule has 5 rings (SSSR count). The molecule has 0 saturated carbocycles. The number of rotatable bonds is 6. The third-order valence-corrected chi connectivity index (χ3v) is 7.30. The zero-order valence-electron chi connectivity index (χ0n) is 22.7. The first kappa shape index (κ1) is 25.7. The Morgan fingerprint density at radius 2 is 1.74 bits per heavy atom. The van der Waals surface area contributed by atoms with Gasteiger partial charge in [-0.15, -0.1) is 0 Å². The third-order valence-electron chi connectivity index (χ3n) is 7.30. The molecule has 0 aliphatic carbocycles. The first-order valence-corrected chi connectivity index (χ1v) is 12.9. The average molecular weight is 507 g/mol. The molecule has 38 heavy (non-hydrogen) atoms. The summed E-state index contributed by atoms with van der Waals surface area (Å²) in [4.78, 5) is 21.3. The zero-order valence-corrected chi connectivity index (χ0v) is 22.7. The lowest BCUT2D eigenvalue weighted by atomic mass is 9.74. The summed E-state index contributed by atoms with van der Waals surface area (Å²) >= 11 is 0. The molecule has 0 radical (unpaired) electrons. The van der Waals surface area contributed by atoms with E-state index in [1.807, 2.05) is 68.5 Å². The molecule has 194 valence electrons. The molecule has 5 heteroatoms. The molecule has 0 bridgehead atoms. The van der Waals surface area contributed by atoms with Crippen LogP contribution in [-0.4, -0.2) is 36.4 Å². The summed E-state index contributed by atoms with van der Waals surface area (Å²) in [5.74, 6) is 1.55. The zero-order chi connectivity index (χ0) is 26.9. The Kier molecular flexibility index (Phi) is 7.04. The number of aromatic nitrogens is 1. The monoisotopic (exact) mass is 506 g/mol. The molecule has 0 N–H and O–H groups in total. The van der Waals surface area contributed by atoms with Crippen molar-refractivity contribution in [2.24, 2.45) is 5.41 Å². The van der Waals surface area contributed by atoms with Crippen LogP contribution in [0.5, 0.6) is 11.5 Å². The Hall–Kier alpha value is -3.96. The molecular weight excluding hydrogens is 472 g/mol. The molecule has 1 saturated heterocycles. The van der Waals surface area contributed by atoms with E-state index in [0.29, 0.717) is 18.7 Å². The van der Waals surface area contributed by atoms with Gasteiger partial charge in [0.25, 0.3) is 0 Å². The van der Waals surface area contributed by atoms with Gasteiger partial charge in [0.05, 0.1) is 31.5 Å². The Balaban J connectivity index is 1.70. The van der Waals surface area contributed by atoms with E-state index in [0.717, 1.165) is 33.7 Å². The summed E-state index contributed by atoms with van der Waals surface area (Å²) < 4.78 is 11.4. The highest BCUT2D eigenvalue weighted by molar-refractivity contribution is 6.05. The number of benzene rings is 3. The number of ether oxygens (including phenoxy) is 2. The van der Waals surface area contributed by atoms with Gasteiger partial charge >= 0.3 is 0 Å². The van der Waals surface area contributed by atoms with E-state index in [4.69, 9.17) is 14.5 Å². The van der Waals surface area contributed by atoms with Crippen molar-refractivity contribution in [3.8, 4) is 11.5 Å². The van der Waals surface area contributed by atoms with Crippen LogP contribution in [0.3, 0.4) is 0 Å². The summed E-state index contributed by atoms with van der Waals surface area (Å²) in [7, 11) is 3.32. The first-order valence-electron chi connectivity index (χ1n) is 12.9. The summed E-state index contributed by atoms with van der Waals surface area (Å²) in [6.45, 7) is 7.43. The van der Waals surface area contributed by atoms with Crippen molar-refractivity contribution >= 4 is 22.8 Å². The number of likely N-dealkylation sites (tertiary alicyclic amines) is 1. The molecule has 1 fully saturated rings. The summed E-state index contributed by atoms with van der Waals surface area (Å²) in [6, 6.07) is 26.1. The maximum atomic E-state index is 14.1. The van der Waals surface area contributed by atoms with E-state index in [2.05, 4.69) is 42.2 Å². The number of carbonyl (C=O) groups is 1. The van der Waals surface area contributed by atoms with Gasteiger partial charge < -0.3 is 9.47 Å². The van der Waals surface area contributed by atoms with Gasteiger partial charge in [-0.25, -0.2) is 4.98 Å². The van der Waals surface area contributed by atoms with Crippen LogP contribution in [0.2, 0.25) is 0 Å². The molecule has 1 aromatic heterocycles. The highest BCUT2D eigenvalue weighted by Crippen LogP contribution is 2.45. The first-order chi connectivity index (χ1) is 18.3. The number of methoxy groups -OCH3 is 2. The van der Waals surface area contributed by atoms with E-state index in [1.165, 1.54) is 11.1 Å². The predicted octanol–water partition coefficient (Wildman–Crippen LogP) is 6.80. The van der Waals surface area contributed by atoms with Gasteiger partial charge in [0.1, 0.15) is 11.5 Å². The lowest BCUT2D eigenvalue weighted by Gasteiger charge is -2.44. The number of Topliss-reactive ketones (excluding diaryl/α,β-unsaturated/α-hetero) is 1. The van der Waals surface area contributed by atoms with Crippen molar-refractivity contribution in [1.29, 1.82) is 0 Å². The van der Waals surface area contributed by atoms with Crippen molar-refractivity contribution in [3.63, 3.8) is 0 Å². The fourth-order valence-electron chi connectivity index (χ4n) is 5.34. The second kappa shape index (κ2) is 10.4. The van der Waals surface area contributed by atoms with Crippen LogP contribution in [0.15, 0.2) is 84.4 Å². The van der Waals surface area contributed by atoms with Crippen LogP contribution in [0.1, 0.15) is 42.3 Å². The minimum Gasteiger partial charge on any atom is -0.497 e. The van der Waals surface area contributed by atoms with E-state index >= 15 is 0 Å². The highest BCUT2D eigenvalue weighted by Gasteiger charge is 2.45. The summed E-state index contributed by atoms with van der Waals surface area (Å²) in [5.41, 5.74) is 5.09. The Morgan fingerprint density at radius 3 is 2.47 bits per heavy atom. The number of pyridine rings is 1. The summed E-state index contributed by atoms with van der Waals surface area (Å²) in [5, 5.41) is 1.07. The Morgan fingerprint density at radius 1 is 0.974 bits per heavy atom. The maximum absolute atomic E-state index is 14.1. The second-order valence-corrected chi connectivity index (χ2v) is 10.6. The minimum absolute atomic E-state index is 0.113. The van der Waals surface area contributed by atoms with Gasteiger partial charge in [0.2, 0.25) is 0 Å². The lowest BCUT2D eigenvalue weighted by Crippen LogP contribution is -2.49. The fraction of sp³-hybridized carbons (Fsp3) is 0.273. The number of para-hydroxylation sites is 1. The number of fused-ring (bicyclic) bond motifs is 1. The van der Waals surface area contributed by atoms with Gasteiger partial charge in [-0.2, -0.15) is 0 Å². The van der Waals surface area contributed by atoms with Crippen molar-refractivity contribution in [3.05, 3.63) is 107 Å². The molecule has 3 aromatic carbocycles. The molecule has 4 aromatic rings. The third kappa shape index (κ3) is 5.07. The maximum Gasteiger partial charge on any atom is 0.167 e. The molecule has 5 nitrogen and oxygen atoms in total. The molecular formula is C33H34N2O3. The lowest BCUT2D eigenvalue weighted by molar-refractivity contribution is -0.128. The van der Waals surface area contributed by atoms with Crippen LogP contribution in [0.4, 0.5) is 0 Å². The van der Waals surface area contributed by atoms with Crippen LogP contribution < -0.4 is 9.47 Å². The molecule has 0 amide bonds. The predicted molar refractivity (Wildman–Crippen MR) is 152 cm³/mol. The molecule has 1 aliphatic rings. The van der Waals surface area contributed by atoms with E-state index in [9.17, 15) is 4.79 Å². The van der Waals surface area contributed by atoms with Crippen molar-refractivity contribution in [2.75, 3.05) is 20.8 Å². The van der Waals surface area contributed by atoms with Gasteiger partial charge in [0, 0.05) is 35.0 Å². The molecule has 1 aliphatic heterocycles. The molecule has 1 atom stereocenters. The van der Waals surface area contributed by atoms with Crippen molar-refractivity contribution in [2.45, 2.75) is 33.4 Å². The second-order valence-electron chi connectivity index (χ2n) is 10.6. The van der Waals surface area contributed by atoms with Crippen LogP contribution in [0, 0.1) is 12.3 Å². The van der Waals surface area contributed by atoms with Gasteiger partial charge in [0.15, 0.2) is 5.78 Å². The van der Waals surface area contributed by atoms with Gasteiger partial charge in [-0.1, -0.05) is 67.9 Å². The number of nitrogens with zero attached hydrogens (tertiary/aromatic N) is 2. The number of hydrogen-bond donors (Lipinski definition) is 0. The average Bonchev–Trinajstić information content (AvgIpc) is 2.92. The van der Waals surface area contributed by atoms with Gasteiger partial charge in [-0.3, -0.25) is 9.69 Å². The quantitative estimate of drug-likeness (QED) is 0.269. The van der Waals surface area contributed by atoms with E-state index < -0.39 is 5.41 Å². The van der Waals surface area contributed by atoms with Crippen LogP contribution in [-0.2, 0) is 11.3 Å². The van der Waals surface area contributed by atoms with Crippen molar-refractivity contribution < 1.29 is 14.3 Å². The SMILES string of the molecule is COc1ccc(OC)c(C2/C(=C/c3ccc4ccccc4n3)C(=O)C(C)(C)CN2Cc2ccc(C)cc2)c1.